The van der Waals surface area contributed by atoms with E-state index < -0.39 is 0 Å². The average molecular weight is 320 g/mol. The van der Waals surface area contributed by atoms with E-state index in [1.165, 1.54) is 0 Å². The minimum absolute atomic E-state index is 0.00127. The SMILES string of the molecule is O=C1CCC2(CCN(C(=O)c3ccn[nH]3)CC2)CN1CCCO. The molecule has 0 unspecified atom stereocenters. The number of piperidine rings is 2. The molecule has 1 spiro atoms. The van der Waals surface area contributed by atoms with Crippen molar-refractivity contribution in [1.82, 2.24) is 20.0 Å². The van der Waals surface area contributed by atoms with E-state index >= 15 is 0 Å². The van der Waals surface area contributed by atoms with Crippen LogP contribution >= 0.6 is 0 Å². The molecule has 0 saturated carbocycles. The first-order valence-corrected chi connectivity index (χ1v) is 8.31. The highest BCUT2D eigenvalue weighted by Crippen LogP contribution is 2.40. The van der Waals surface area contributed by atoms with Crippen molar-refractivity contribution in [2.45, 2.75) is 32.1 Å². The monoisotopic (exact) mass is 320 g/mol. The molecule has 2 fully saturated rings. The zero-order valence-electron chi connectivity index (χ0n) is 13.3. The molecule has 0 bridgehead atoms. The second kappa shape index (κ2) is 6.70. The minimum Gasteiger partial charge on any atom is -0.396 e. The Morgan fingerprint density at radius 2 is 2.13 bits per heavy atom. The van der Waals surface area contributed by atoms with E-state index in [4.69, 9.17) is 5.11 Å². The van der Waals surface area contributed by atoms with Crippen molar-refractivity contribution in [3.8, 4) is 0 Å². The van der Waals surface area contributed by atoms with Gasteiger partial charge in [0.1, 0.15) is 5.69 Å². The van der Waals surface area contributed by atoms with Crippen LogP contribution in [0.25, 0.3) is 0 Å². The Morgan fingerprint density at radius 3 is 2.78 bits per heavy atom. The van der Waals surface area contributed by atoms with E-state index in [0.717, 1.165) is 38.9 Å². The van der Waals surface area contributed by atoms with Crippen LogP contribution in [0, 0.1) is 5.41 Å². The first kappa shape index (κ1) is 16.0. The Bertz CT molecular complexity index is 550. The first-order valence-electron chi connectivity index (χ1n) is 8.31. The number of H-pyrrole nitrogens is 1. The molecule has 2 N–H and O–H groups in total. The molecule has 1 aromatic heterocycles. The van der Waals surface area contributed by atoms with Gasteiger partial charge in [-0.3, -0.25) is 14.7 Å². The molecule has 7 nitrogen and oxygen atoms in total. The van der Waals surface area contributed by atoms with Gasteiger partial charge < -0.3 is 14.9 Å². The van der Waals surface area contributed by atoms with Crippen molar-refractivity contribution in [3.63, 3.8) is 0 Å². The summed E-state index contributed by atoms with van der Waals surface area (Å²) in [6.07, 6.45) is 5.57. The van der Waals surface area contributed by atoms with Crippen molar-refractivity contribution in [3.05, 3.63) is 18.0 Å². The zero-order valence-corrected chi connectivity index (χ0v) is 13.3. The molecule has 0 radical (unpaired) electrons. The van der Waals surface area contributed by atoms with Crippen LogP contribution in [0.4, 0.5) is 0 Å². The summed E-state index contributed by atoms with van der Waals surface area (Å²) < 4.78 is 0. The van der Waals surface area contributed by atoms with Crippen molar-refractivity contribution < 1.29 is 14.7 Å². The summed E-state index contributed by atoms with van der Waals surface area (Å²) in [4.78, 5) is 28.1. The zero-order chi connectivity index (χ0) is 16.3. The number of aromatic nitrogens is 2. The highest BCUT2D eigenvalue weighted by atomic mass is 16.3. The molecule has 2 amide bonds. The Hall–Kier alpha value is -1.89. The van der Waals surface area contributed by atoms with E-state index in [1.54, 1.807) is 12.3 Å². The third-order valence-corrected chi connectivity index (χ3v) is 5.18. The van der Waals surface area contributed by atoms with E-state index in [0.29, 0.717) is 25.1 Å². The van der Waals surface area contributed by atoms with Gasteiger partial charge in [0.15, 0.2) is 0 Å². The number of hydrogen-bond acceptors (Lipinski definition) is 4. The molecule has 1 aromatic rings. The Morgan fingerprint density at radius 1 is 1.35 bits per heavy atom. The lowest BCUT2D eigenvalue weighted by atomic mass is 9.72. The van der Waals surface area contributed by atoms with Gasteiger partial charge in [0.25, 0.3) is 5.91 Å². The van der Waals surface area contributed by atoms with Gasteiger partial charge >= 0.3 is 0 Å². The van der Waals surface area contributed by atoms with Crippen molar-refractivity contribution in [2.24, 2.45) is 5.41 Å². The van der Waals surface area contributed by atoms with Crippen LogP contribution < -0.4 is 0 Å². The van der Waals surface area contributed by atoms with Crippen LogP contribution in [-0.4, -0.2) is 69.7 Å². The Balaban J connectivity index is 1.59. The van der Waals surface area contributed by atoms with Crippen LogP contribution in [-0.2, 0) is 4.79 Å². The van der Waals surface area contributed by atoms with Gasteiger partial charge in [0, 0.05) is 45.4 Å². The number of aliphatic hydroxyl groups excluding tert-OH is 1. The molecule has 3 rings (SSSR count). The fourth-order valence-corrected chi connectivity index (χ4v) is 3.71. The number of aromatic amines is 1. The summed E-state index contributed by atoms with van der Waals surface area (Å²) in [5.41, 5.74) is 0.665. The first-order chi connectivity index (χ1) is 11.1. The summed E-state index contributed by atoms with van der Waals surface area (Å²) in [6, 6.07) is 1.70. The maximum atomic E-state index is 12.4. The highest BCUT2D eigenvalue weighted by Gasteiger charge is 2.41. The average Bonchev–Trinajstić information content (AvgIpc) is 3.11. The van der Waals surface area contributed by atoms with Crippen LogP contribution in [0.5, 0.6) is 0 Å². The molecular formula is C16H24N4O3. The third-order valence-electron chi connectivity index (χ3n) is 5.18. The molecule has 2 saturated heterocycles. The molecular weight excluding hydrogens is 296 g/mol. The van der Waals surface area contributed by atoms with Gasteiger partial charge in [0.2, 0.25) is 5.91 Å². The second-order valence-corrected chi connectivity index (χ2v) is 6.65. The molecule has 126 valence electrons. The summed E-state index contributed by atoms with van der Waals surface area (Å²) in [5, 5.41) is 15.5. The fraction of sp³-hybridized carbons (Fsp3) is 0.688. The quantitative estimate of drug-likeness (QED) is 0.852. The number of rotatable bonds is 4. The number of nitrogens with one attached hydrogen (secondary N) is 1. The highest BCUT2D eigenvalue weighted by molar-refractivity contribution is 5.92. The second-order valence-electron chi connectivity index (χ2n) is 6.65. The number of nitrogens with zero attached hydrogens (tertiary/aromatic N) is 3. The number of carbonyl (C=O) groups is 2. The molecule has 2 aliphatic heterocycles. The normalized spacial score (nSPS) is 21.0. The molecule has 0 atom stereocenters. The van der Waals surface area contributed by atoms with Gasteiger partial charge in [0.05, 0.1) is 0 Å². The van der Waals surface area contributed by atoms with Crippen LogP contribution in [0.3, 0.4) is 0 Å². The largest absolute Gasteiger partial charge is 0.396 e. The van der Waals surface area contributed by atoms with Gasteiger partial charge in [-0.25, -0.2) is 0 Å². The molecule has 0 aromatic carbocycles. The van der Waals surface area contributed by atoms with Crippen LogP contribution in [0.2, 0.25) is 0 Å². The van der Waals surface area contributed by atoms with E-state index in [2.05, 4.69) is 10.2 Å². The van der Waals surface area contributed by atoms with Crippen molar-refractivity contribution >= 4 is 11.8 Å². The molecule has 2 aliphatic rings. The maximum absolute atomic E-state index is 12.4. The van der Waals surface area contributed by atoms with Gasteiger partial charge in [-0.15, -0.1) is 0 Å². The van der Waals surface area contributed by atoms with Crippen LogP contribution in [0.15, 0.2) is 12.3 Å². The number of likely N-dealkylation sites (tertiary alicyclic amines) is 2. The van der Waals surface area contributed by atoms with Gasteiger partial charge in [-0.2, -0.15) is 5.10 Å². The van der Waals surface area contributed by atoms with E-state index in [-0.39, 0.29) is 23.8 Å². The smallest absolute Gasteiger partial charge is 0.271 e. The lowest BCUT2D eigenvalue weighted by molar-refractivity contribution is -0.139. The Labute approximate surface area is 135 Å². The van der Waals surface area contributed by atoms with Gasteiger partial charge in [-0.1, -0.05) is 0 Å². The van der Waals surface area contributed by atoms with Crippen LogP contribution in [0.1, 0.15) is 42.6 Å². The number of amides is 2. The summed E-state index contributed by atoms with van der Waals surface area (Å²) in [7, 11) is 0. The number of carbonyl (C=O) groups excluding carboxylic acids is 2. The Kier molecular flexibility index (Phi) is 4.66. The van der Waals surface area contributed by atoms with Gasteiger partial charge in [-0.05, 0) is 37.2 Å². The number of hydrogen-bond donors (Lipinski definition) is 2. The van der Waals surface area contributed by atoms with E-state index in [9.17, 15) is 9.59 Å². The minimum atomic E-state index is 0.00127. The van der Waals surface area contributed by atoms with E-state index in [1.807, 2.05) is 9.80 Å². The van der Waals surface area contributed by atoms with Crippen molar-refractivity contribution in [2.75, 3.05) is 32.8 Å². The summed E-state index contributed by atoms with van der Waals surface area (Å²) >= 11 is 0. The summed E-state index contributed by atoms with van der Waals surface area (Å²) in [6.45, 7) is 2.95. The standard InChI is InChI=1S/C16H24N4O3/c21-11-1-8-20-12-16(4-2-14(20)22)5-9-19(10-6-16)15(23)13-3-7-17-18-13/h3,7,21H,1-2,4-6,8-12H2,(H,17,18). The number of aliphatic hydroxyl groups is 1. The lowest BCUT2D eigenvalue weighted by Crippen LogP contribution is -2.52. The predicted octanol–water partition coefficient (Wildman–Crippen LogP) is 0.637. The van der Waals surface area contributed by atoms with Crippen molar-refractivity contribution in [1.29, 1.82) is 0 Å². The molecule has 23 heavy (non-hydrogen) atoms. The predicted molar refractivity (Wildman–Crippen MR) is 83.7 cm³/mol. The third kappa shape index (κ3) is 3.39. The topological polar surface area (TPSA) is 89.5 Å². The molecule has 0 aliphatic carbocycles. The fourth-order valence-electron chi connectivity index (χ4n) is 3.71. The summed E-state index contributed by atoms with van der Waals surface area (Å²) in [5.74, 6) is 0.196. The lowest BCUT2D eigenvalue weighted by Gasteiger charge is -2.47. The molecule has 7 heteroatoms. The molecule has 3 heterocycles. The maximum Gasteiger partial charge on any atom is 0.271 e.